The summed E-state index contributed by atoms with van der Waals surface area (Å²) in [4.78, 5) is 27.2. The van der Waals surface area contributed by atoms with Gasteiger partial charge in [0.2, 0.25) is 0 Å². The highest BCUT2D eigenvalue weighted by Crippen LogP contribution is 2.31. The minimum Gasteiger partial charge on any atom is -0.496 e. The quantitative estimate of drug-likeness (QED) is 0.683. The molecule has 0 saturated carbocycles. The van der Waals surface area contributed by atoms with Crippen molar-refractivity contribution in [2.75, 3.05) is 7.11 Å². The molecule has 1 heterocycles. The van der Waals surface area contributed by atoms with Gasteiger partial charge < -0.3 is 9.47 Å². The van der Waals surface area contributed by atoms with Crippen molar-refractivity contribution in [1.29, 1.82) is 0 Å². The lowest BCUT2D eigenvalue weighted by Crippen LogP contribution is -2.36. The molecule has 3 rings (SSSR count). The van der Waals surface area contributed by atoms with Gasteiger partial charge in [0.1, 0.15) is 12.5 Å². The predicted octanol–water partition coefficient (Wildman–Crippen LogP) is 3.18. The molecule has 0 fully saturated rings. The van der Waals surface area contributed by atoms with Crippen LogP contribution in [-0.2, 0) is 18.1 Å². The summed E-state index contributed by atoms with van der Waals surface area (Å²) in [6, 6.07) is 17.3. The van der Waals surface area contributed by atoms with E-state index >= 15 is 0 Å². The fourth-order valence-corrected chi connectivity index (χ4v) is 3.37. The van der Waals surface area contributed by atoms with E-state index in [1.807, 2.05) is 61.5 Å². The molecule has 6 heteroatoms. The summed E-state index contributed by atoms with van der Waals surface area (Å²) in [5.41, 5.74) is 2.14. The average Bonchev–Trinajstić information content (AvgIpc) is 2.72. The van der Waals surface area contributed by atoms with E-state index in [2.05, 4.69) is 4.98 Å². The van der Waals surface area contributed by atoms with Gasteiger partial charge in [0.05, 0.1) is 13.7 Å². The monoisotopic (exact) mass is 380 g/mol. The molecule has 28 heavy (non-hydrogen) atoms. The fourth-order valence-electron chi connectivity index (χ4n) is 3.37. The Morgan fingerprint density at radius 2 is 1.71 bits per heavy atom. The number of rotatable bonds is 7. The third kappa shape index (κ3) is 4.07. The van der Waals surface area contributed by atoms with Gasteiger partial charge in [0.25, 0.3) is 5.56 Å². The number of nitrogens with one attached hydrogen (secondary N) is 1. The number of ether oxygens (including phenoxy) is 2. The fraction of sp³-hybridized carbons (Fsp3) is 0.273. The van der Waals surface area contributed by atoms with Gasteiger partial charge in [0.15, 0.2) is 0 Å². The van der Waals surface area contributed by atoms with Crippen molar-refractivity contribution >= 4 is 0 Å². The maximum atomic E-state index is 12.5. The van der Waals surface area contributed by atoms with Crippen molar-refractivity contribution in [2.45, 2.75) is 33.1 Å². The van der Waals surface area contributed by atoms with E-state index in [1.54, 1.807) is 14.0 Å². The lowest BCUT2D eigenvalue weighted by molar-refractivity contribution is 0.0584. The molecule has 0 aliphatic rings. The summed E-state index contributed by atoms with van der Waals surface area (Å²) in [6.45, 7) is 4.08. The van der Waals surface area contributed by atoms with Gasteiger partial charge >= 0.3 is 5.69 Å². The van der Waals surface area contributed by atoms with Crippen LogP contribution in [0.4, 0.5) is 0 Å². The molecular weight excluding hydrogens is 356 g/mol. The van der Waals surface area contributed by atoms with Gasteiger partial charge in [-0.2, -0.15) is 0 Å². The zero-order valence-electron chi connectivity index (χ0n) is 16.3. The van der Waals surface area contributed by atoms with Crippen LogP contribution < -0.4 is 16.0 Å². The van der Waals surface area contributed by atoms with E-state index in [1.165, 1.54) is 4.57 Å². The minimum absolute atomic E-state index is 0.0418. The maximum absolute atomic E-state index is 12.5. The van der Waals surface area contributed by atoms with Gasteiger partial charge in [-0.1, -0.05) is 55.5 Å². The SMILES string of the molecule is COc1ccccc1C(C)c1c(C)c(=O)[nH]c(=O)n1COCc1ccccc1. The van der Waals surface area contributed by atoms with E-state index in [0.29, 0.717) is 23.6 Å². The normalized spacial score (nSPS) is 12.0. The Labute approximate surface area is 163 Å². The molecular formula is C22H24N2O4. The van der Waals surface area contributed by atoms with Crippen LogP contribution in [0.5, 0.6) is 5.75 Å². The van der Waals surface area contributed by atoms with Crippen molar-refractivity contribution in [3.63, 3.8) is 0 Å². The van der Waals surface area contributed by atoms with Gasteiger partial charge in [-0.3, -0.25) is 14.3 Å². The molecule has 0 radical (unpaired) electrons. The van der Waals surface area contributed by atoms with Crippen LogP contribution >= 0.6 is 0 Å². The molecule has 0 spiro atoms. The van der Waals surface area contributed by atoms with Crippen LogP contribution in [0.3, 0.4) is 0 Å². The number of aromatic nitrogens is 2. The molecule has 0 aliphatic carbocycles. The molecule has 3 aromatic rings. The van der Waals surface area contributed by atoms with Crippen molar-refractivity contribution < 1.29 is 9.47 Å². The zero-order chi connectivity index (χ0) is 20.1. The van der Waals surface area contributed by atoms with Gasteiger partial charge in [-0.05, 0) is 18.6 Å². The number of hydrogen-bond acceptors (Lipinski definition) is 4. The van der Waals surface area contributed by atoms with Crippen LogP contribution in [0, 0.1) is 6.92 Å². The molecule has 1 N–H and O–H groups in total. The molecule has 0 aliphatic heterocycles. The van der Waals surface area contributed by atoms with Crippen molar-refractivity contribution in [1.82, 2.24) is 9.55 Å². The van der Waals surface area contributed by atoms with Crippen molar-refractivity contribution in [3.8, 4) is 5.75 Å². The van der Waals surface area contributed by atoms with Gasteiger partial charge in [0, 0.05) is 22.7 Å². The third-order valence-electron chi connectivity index (χ3n) is 4.83. The third-order valence-corrected chi connectivity index (χ3v) is 4.83. The van der Waals surface area contributed by atoms with Crippen LogP contribution in [0.25, 0.3) is 0 Å². The molecule has 1 aromatic heterocycles. The lowest BCUT2D eigenvalue weighted by Gasteiger charge is -2.22. The second-order valence-corrected chi connectivity index (χ2v) is 6.62. The molecule has 1 unspecified atom stereocenters. The topological polar surface area (TPSA) is 73.3 Å². The lowest BCUT2D eigenvalue weighted by atomic mass is 9.94. The van der Waals surface area contributed by atoms with Crippen molar-refractivity contribution in [2.24, 2.45) is 0 Å². The second-order valence-electron chi connectivity index (χ2n) is 6.62. The minimum atomic E-state index is -0.486. The largest absolute Gasteiger partial charge is 0.496 e. The van der Waals surface area contributed by atoms with Crippen LogP contribution in [0.1, 0.15) is 35.2 Å². The highest BCUT2D eigenvalue weighted by Gasteiger charge is 2.21. The summed E-state index contributed by atoms with van der Waals surface area (Å²) >= 11 is 0. The van der Waals surface area contributed by atoms with E-state index in [0.717, 1.165) is 11.1 Å². The average molecular weight is 380 g/mol. The summed E-state index contributed by atoms with van der Waals surface area (Å²) < 4.78 is 12.7. The standard InChI is InChI=1S/C22H24N2O4/c1-15(18-11-7-8-12-19(18)27-3)20-16(2)21(25)23-22(26)24(20)14-28-13-17-9-5-4-6-10-17/h4-12,15H,13-14H2,1-3H3,(H,23,25,26). The zero-order valence-corrected chi connectivity index (χ0v) is 16.3. The van der Waals surface area contributed by atoms with Crippen LogP contribution in [-0.4, -0.2) is 16.7 Å². The number of aromatic amines is 1. The van der Waals surface area contributed by atoms with E-state index < -0.39 is 5.69 Å². The highest BCUT2D eigenvalue weighted by atomic mass is 16.5. The van der Waals surface area contributed by atoms with Crippen molar-refractivity contribution in [3.05, 3.63) is 97.8 Å². The molecule has 0 saturated heterocycles. The smallest absolute Gasteiger partial charge is 0.330 e. The number of hydrogen-bond donors (Lipinski definition) is 1. The summed E-state index contributed by atoms with van der Waals surface area (Å²) in [5.74, 6) is 0.477. The first-order valence-electron chi connectivity index (χ1n) is 9.11. The number of nitrogens with zero attached hydrogens (tertiary/aromatic N) is 1. The Morgan fingerprint density at radius 1 is 1.04 bits per heavy atom. The first-order valence-corrected chi connectivity index (χ1v) is 9.11. The molecule has 0 bridgehead atoms. The Kier molecular flexibility index (Phi) is 6.11. The number of methoxy groups -OCH3 is 1. The Bertz CT molecular complexity index is 1050. The van der Waals surface area contributed by atoms with E-state index in [4.69, 9.17) is 9.47 Å². The van der Waals surface area contributed by atoms with E-state index in [-0.39, 0.29) is 18.2 Å². The Morgan fingerprint density at radius 3 is 2.43 bits per heavy atom. The predicted molar refractivity (Wildman–Crippen MR) is 108 cm³/mol. The first kappa shape index (κ1) is 19.6. The summed E-state index contributed by atoms with van der Waals surface area (Å²) in [6.07, 6.45) is 0. The van der Waals surface area contributed by atoms with E-state index in [9.17, 15) is 9.59 Å². The molecule has 1 atom stereocenters. The maximum Gasteiger partial charge on any atom is 0.330 e. The molecule has 146 valence electrons. The number of benzene rings is 2. The Hall–Kier alpha value is -3.12. The second kappa shape index (κ2) is 8.71. The summed E-state index contributed by atoms with van der Waals surface area (Å²) in [7, 11) is 1.60. The molecule has 2 aromatic carbocycles. The first-order chi connectivity index (χ1) is 13.5. The molecule has 6 nitrogen and oxygen atoms in total. The number of para-hydroxylation sites is 1. The van der Waals surface area contributed by atoms with Gasteiger partial charge in [-0.15, -0.1) is 0 Å². The van der Waals surface area contributed by atoms with Crippen LogP contribution in [0.2, 0.25) is 0 Å². The summed E-state index contributed by atoms with van der Waals surface area (Å²) in [5, 5.41) is 0. The van der Waals surface area contributed by atoms with Crippen LogP contribution in [0.15, 0.2) is 64.2 Å². The molecule has 0 amide bonds. The van der Waals surface area contributed by atoms with Gasteiger partial charge in [-0.25, -0.2) is 4.79 Å². The Balaban J connectivity index is 1.97. The number of H-pyrrole nitrogens is 1. The highest BCUT2D eigenvalue weighted by molar-refractivity contribution is 5.41.